The molecular weight excluding hydrogens is 234 g/mol. The Kier molecular flexibility index (Phi) is 5.45. The molecule has 0 aliphatic carbocycles. The molecule has 4 heteroatoms. The Bertz CT molecular complexity index is 361. The molecule has 0 amide bonds. The molecule has 3 N–H and O–H groups in total. The van der Waals surface area contributed by atoms with E-state index in [4.69, 9.17) is 22.7 Å². The van der Waals surface area contributed by atoms with Crippen molar-refractivity contribution in [3.63, 3.8) is 0 Å². The Morgan fingerprint density at radius 2 is 2.00 bits per heavy atom. The van der Waals surface area contributed by atoms with Gasteiger partial charge in [0.1, 0.15) is 0 Å². The van der Waals surface area contributed by atoms with E-state index in [1.54, 1.807) is 0 Å². The van der Waals surface area contributed by atoms with Gasteiger partial charge in [0.2, 0.25) is 0 Å². The van der Waals surface area contributed by atoms with E-state index in [0.717, 1.165) is 24.7 Å². The van der Waals surface area contributed by atoms with E-state index in [9.17, 15) is 0 Å². The summed E-state index contributed by atoms with van der Waals surface area (Å²) in [6, 6.07) is 7.87. The number of nitrogens with zero attached hydrogens (tertiary/aromatic N) is 1. The summed E-state index contributed by atoms with van der Waals surface area (Å²) in [5.74, 6) is 0.349. The molecular formula is C13H20ClN3. The molecule has 0 saturated carbocycles. The fourth-order valence-corrected chi connectivity index (χ4v) is 1.77. The van der Waals surface area contributed by atoms with Gasteiger partial charge in [-0.15, -0.1) is 0 Å². The van der Waals surface area contributed by atoms with Gasteiger partial charge in [-0.05, 0) is 24.2 Å². The molecule has 94 valence electrons. The molecule has 0 saturated heterocycles. The molecule has 1 rings (SSSR count). The summed E-state index contributed by atoms with van der Waals surface area (Å²) in [6.07, 6.45) is 0. The van der Waals surface area contributed by atoms with Crippen molar-refractivity contribution in [3.8, 4) is 0 Å². The first-order valence-corrected chi connectivity index (χ1v) is 6.21. The minimum Gasteiger partial charge on any atom is -0.387 e. The van der Waals surface area contributed by atoms with Crippen molar-refractivity contribution in [1.29, 1.82) is 5.41 Å². The first-order chi connectivity index (χ1) is 8.02. The van der Waals surface area contributed by atoms with Crippen LogP contribution in [0, 0.1) is 11.3 Å². The van der Waals surface area contributed by atoms with Gasteiger partial charge in [-0.25, -0.2) is 0 Å². The van der Waals surface area contributed by atoms with Crippen LogP contribution >= 0.6 is 11.6 Å². The lowest BCUT2D eigenvalue weighted by Gasteiger charge is -2.23. The third-order valence-electron chi connectivity index (χ3n) is 2.83. The standard InChI is InChI=1S/C13H20ClN3/c1-3-17(8-10(2)13(15)16)9-11-4-6-12(14)7-5-11/h4-7,10H,3,8-9H2,1-2H3,(H3,15,16). The largest absolute Gasteiger partial charge is 0.387 e. The molecule has 0 fully saturated rings. The molecule has 1 aromatic rings. The first-order valence-electron chi connectivity index (χ1n) is 5.83. The highest BCUT2D eigenvalue weighted by Gasteiger charge is 2.11. The van der Waals surface area contributed by atoms with Crippen molar-refractivity contribution in [2.45, 2.75) is 20.4 Å². The molecule has 1 unspecified atom stereocenters. The lowest BCUT2D eigenvalue weighted by atomic mass is 10.1. The molecule has 0 aliphatic rings. The summed E-state index contributed by atoms with van der Waals surface area (Å²) in [6.45, 7) is 6.72. The van der Waals surface area contributed by atoms with Gasteiger partial charge in [-0.1, -0.05) is 37.6 Å². The SMILES string of the molecule is CCN(Cc1ccc(Cl)cc1)CC(C)C(=N)N. The van der Waals surface area contributed by atoms with Crippen molar-refractivity contribution in [2.24, 2.45) is 11.7 Å². The van der Waals surface area contributed by atoms with Crippen LogP contribution in [0.5, 0.6) is 0 Å². The van der Waals surface area contributed by atoms with Crippen molar-refractivity contribution >= 4 is 17.4 Å². The van der Waals surface area contributed by atoms with E-state index < -0.39 is 0 Å². The summed E-state index contributed by atoms with van der Waals surface area (Å²) in [4.78, 5) is 2.27. The minimum atomic E-state index is 0.0993. The van der Waals surface area contributed by atoms with Gasteiger partial charge in [0.15, 0.2) is 0 Å². The van der Waals surface area contributed by atoms with E-state index in [2.05, 4.69) is 11.8 Å². The van der Waals surface area contributed by atoms with Crippen LogP contribution in [0.1, 0.15) is 19.4 Å². The number of halogens is 1. The molecule has 17 heavy (non-hydrogen) atoms. The number of nitrogens with two attached hydrogens (primary N) is 1. The lowest BCUT2D eigenvalue weighted by molar-refractivity contribution is 0.263. The topological polar surface area (TPSA) is 53.1 Å². The van der Waals surface area contributed by atoms with Gasteiger partial charge in [-0.3, -0.25) is 10.3 Å². The average molecular weight is 254 g/mol. The van der Waals surface area contributed by atoms with E-state index in [1.165, 1.54) is 5.56 Å². The van der Waals surface area contributed by atoms with Crippen LogP contribution in [0.2, 0.25) is 5.02 Å². The van der Waals surface area contributed by atoms with Crippen LogP contribution in [-0.2, 0) is 6.54 Å². The second kappa shape index (κ2) is 6.62. The van der Waals surface area contributed by atoms with E-state index in [1.807, 2.05) is 31.2 Å². The van der Waals surface area contributed by atoms with Gasteiger partial charge in [-0.2, -0.15) is 0 Å². The van der Waals surface area contributed by atoms with Crippen molar-refractivity contribution < 1.29 is 0 Å². The third kappa shape index (κ3) is 4.75. The molecule has 1 atom stereocenters. The lowest BCUT2D eigenvalue weighted by Crippen LogP contribution is -2.34. The Balaban J connectivity index is 2.57. The quantitative estimate of drug-likeness (QED) is 0.605. The predicted molar refractivity (Wildman–Crippen MR) is 73.5 cm³/mol. The van der Waals surface area contributed by atoms with Crippen LogP contribution in [0.15, 0.2) is 24.3 Å². The summed E-state index contributed by atoms with van der Waals surface area (Å²) in [5, 5.41) is 8.17. The maximum atomic E-state index is 7.41. The van der Waals surface area contributed by atoms with Crippen LogP contribution in [0.4, 0.5) is 0 Å². The molecule has 0 heterocycles. The zero-order chi connectivity index (χ0) is 12.8. The highest BCUT2D eigenvalue weighted by molar-refractivity contribution is 6.30. The fraction of sp³-hybridized carbons (Fsp3) is 0.462. The number of hydrogen-bond acceptors (Lipinski definition) is 2. The maximum Gasteiger partial charge on any atom is 0.0947 e. The fourth-order valence-electron chi connectivity index (χ4n) is 1.64. The van der Waals surface area contributed by atoms with E-state index in [0.29, 0.717) is 0 Å². The highest BCUT2D eigenvalue weighted by atomic mass is 35.5. The molecule has 1 aromatic carbocycles. The van der Waals surface area contributed by atoms with Crippen molar-refractivity contribution in [2.75, 3.05) is 13.1 Å². The zero-order valence-electron chi connectivity index (χ0n) is 10.4. The zero-order valence-corrected chi connectivity index (χ0v) is 11.2. The van der Waals surface area contributed by atoms with Crippen LogP contribution in [0.3, 0.4) is 0 Å². The van der Waals surface area contributed by atoms with E-state index >= 15 is 0 Å². The number of benzene rings is 1. The van der Waals surface area contributed by atoms with Crippen molar-refractivity contribution in [1.82, 2.24) is 4.90 Å². The van der Waals surface area contributed by atoms with Gasteiger partial charge in [0, 0.05) is 24.0 Å². The Morgan fingerprint density at radius 3 is 2.47 bits per heavy atom. The molecule has 0 aliphatic heterocycles. The third-order valence-corrected chi connectivity index (χ3v) is 3.08. The summed E-state index contributed by atoms with van der Waals surface area (Å²) < 4.78 is 0. The van der Waals surface area contributed by atoms with Crippen LogP contribution < -0.4 is 5.73 Å². The van der Waals surface area contributed by atoms with Gasteiger partial charge in [0.05, 0.1) is 5.84 Å². The number of hydrogen-bond donors (Lipinski definition) is 2. The Hall–Kier alpha value is -1.06. The van der Waals surface area contributed by atoms with Gasteiger partial charge in [0.25, 0.3) is 0 Å². The molecule has 3 nitrogen and oxygen atoms in total. The Labute approximate surface area is 108 Å². The Morgan fingerprint density at radius 1 is 1.41 bits per heavy atom. The number of amidine groups is 1. The normalized spacial score (nSPS) is 12.7. The predicted octanol–water partition coefficient (Wildman–Crippen LogP) is 2.73. The first kappa shape index (κ1) is 14.0. The molecule has 0 spiro atoms. The van der Waals surface area contributed by atoms with Gasteiger partial charge < -0.3 is 5.73 Å². The summed E-state index contributed by atoms with van der Waals surface area (Å²) in [5.41, 5.74) is 6.72. The molecule has 0 aromatic heterocycles. The average Bonchev–Trinajstić information content (AvgIpc) is 2.30. The summed E-state index contributed by atoms with van der Waals surface area (Å²) >= 11 is 5.85. The maximum absolute atomic E-state index is 7.41. The summed E-state index contributed by atoms with van der Waals surface area (Å²) in [7, 11) is 0. The highest BCUT2D eigenvalue weighted by Crippen LogP contribution is 2.12. The van der Waals surface area contributed by atoms with E-state index in [-0.39, 0.29) is 11.8 Å². The smallest absolute Gasteiger partial charge is 0.0947 e. The van der Waals surface area contributed by atoms with Crippen LogP contribution in [-0.4, -0.2) is 23.8 Å². The monoisotopic (exact) mass is 253 g/mol. The second-order valence-corrected chi connectivity index (χ2v) is 4.75. The molecule has 0 bridgehead atoms. The minimum absolute atomic E-state index is 0.0993. The van der Waals surface area contributed by atoms with Crippen molar-refractivity contribution in [3.05, 3.63) is 34.9 Å². The van der Waals surface area contributed by atoms with Gasteiger partial charge >= 0.3 is 0 Å². The number of rotatable bonds is 6. The molecule has 0 radical (unpaired) electrons. The second-order valence-electron chi connectivity index (χ2n) is 4.31. The van der Waals surface area contributed by atoms with Crippen LogP contribution in [0.25, 0.3) is 0 Å². The number of nitrogens with one attached hydrogen (secondary N) is 1.